The summed E-state index contributed by atoms with van der Waals surface area (Å²) in [6, 6.07) is 3.98. The van der Waals surface area contributed by atoms with Crippen molar-refractivity contribution in [1.29, 1.82) is 0 Å². The van der Waals surface area contributed by atoms with Crippen LogP contribution >= 0.6 is 15.9 Å². The van der Waals surface area contributed by atoms with Gasteiger partial charge in [-0.15, -0.1) is 0 Å². The average Bonchev–Trinajstić information content (AvgIpc) is 3.31. The van der Waals surface area contributed by atoms with E-state index in [4.69, 9.17) is 4.74 Å². The van der Waals surface area contributed by atoms with Crippen molar-refractivity contribution in [2.75, 3.05) is 13.7 Å². The summed E-state index contributed by atoms with van der Waals surface area (Å²) in [6.45, 7) is 1.35. The predicted octanol–water partition coefficient (Wildman–Crippen LogP) is 3.86. The molecule has 2 heterocycles. The number of aromatic amines is 1. The number of hydrogen-bond acceptors (Lipinski definition) is 2. The van der Waals surface area contributed by atoms with Gasteiger partial charge in [0.25, 0.3) is 5.91 Å². The first kappa shape index (κ1) is 14.8. The standard InChI is InChI=1S/C18H19BrN2O2/c1-23-17-5-4-16(19)12-6-7-21(10-15(12)17)18(22)14-9-20-8-13(14)11-2-3-11/h4-5,8-9,11,20H,2-3,6-7,10H2,1H3. The summed E-state index contributed by atoms with van der Waals surface area (Å²) < 4.78 is 6.59. The third kappa shape index (κ3) is 2.57. The van der Waals surface area contributed by atoms with Crippen molar-refractivity contribution in [3.63, 3.8) is 0 Å². The van der Waals surface area contributed by atoms with Crippen LogP contribution in [0, 0.1) is 0 Å². The minimum absolute atomic E-state index is 0.126. The Labute approximate surface area is 144 Å². The van der Waals surface area contributed by atoms with Crippen LogP contribution in [0.4, 0.5) is 0 Å². The first-order valence-electron chi connectivity index (χ1n) is 7.99. The molecule has 4 nitrogen and oxygen atoms in total. The quantitative estimate of drug-likeness (QED) is 0.886. The van der Waals surface area contributed by atoms with E-state index in [1.165, 1.54) is 24.0 Å². The molecule has 1 N–H and O–H groups in total. The maximum Gasteiger partial charge on any atom is 0.255 e. The number of carbonyl (C=O) groups is 1. The number of nitrogens with zero attached hydrogens (tertiary/aromatic N) is 1. The Balaban J connectivity index is 1.63. The maximum atomic E-state index is 13.0. The molecule has 2 aliphatic rings. The number of aromatic nitrogens is 1. The van der Waals surface area contributed by atoms with Gasteiger partial charge in [0, 0.05) is 35.5 Å². The zero-order valence-electron chi connectivity index (χ0n) is 13.1. The summed E-state index contributed by atoms with van der Waals surface area (Å²) in [5.74, 6) is 1.55. The molecular weight excluding hydrogens is 356 g/mol. The molecule has 0 bridgehead atoms. The summed E-state index contributed by atoms with van der Waals surface area (Å²) in [4.78, 5) is 18.0. The molecule has 1 fully saturated rings. The zero-order valence-corrected chi connectivity index (χ0v) is 14.6. The molecule has 0 radical (unpaired) electrons. The monoisotopic (exact) mass is 374 g/mol. The van der Waals surface area contributed by atoms with Crippen molar-refractivity contribution in [3.8, 4) is 5.75 Å². The molecule has 23 heavy (non-hydrogen) atoms. The number of carbonyl (C=O) groups excluding carboxylic acids is 1. The fourth-order valence-electron chi connectivity index (χ4n) is 3.43. The molecule has 120 valence electrons. The molecule has 0 atom stereocenters. The normalized spacial score (nSPS) is 17.0. The fourth-order valence-corrected chi connectivity index (χ4v) is 4.00. The van der Waals surface area contributed by atoms with Crippen LogP contribution in [-0.2, 0) is 13.0 Å². The number of H-pyrrole nitrogens is 1. The second-order valence-corrected chi connectivity index (χ2v) is 7.14. The molecule has 1 amide bonds. The van der Waals surface area contributed by atoms with Crippen molar-refractivity contribution in [1.82, 2.24) is 9.88 Å². The number of hydrogen-bond donors (Lipinski definition) is 1. The van der Waals surface area contributed by atoms with Crippen molar-refractivity contribution in [2.45, 2.75) is 31.7 Å². The lowest BCUT2D eigenvalue weighted by Crippen LogP contribution is -2.36. The fraction of sp³-hybridized carbons (Fsp3) is 0.389. The van der Waals surface area contributed by atoms with Crippen LogP contribution in [-0.4, -0.2) is 29.4 Å². The van der Waals surface area contributed by atoms with Crippen LogP contribution in [0.1, 0.15) is 45.8 Å². The maximum absolute atomic E-state index is 13.0. The molecule has 2 aromatic rings. The highest BCUT2D eigenvalue weighted by atomic mass is 79.9. The number of ether oxygens (including phenoxy) is 1. The number of nitrogens with one attached hydrogen (secondary N) is 1. The Kier molecular flexibility index (Phi) is 3.68. The van der Waals surface area contributed by atoms with Gasteiger partial charge >= 0.3 is 0 Å². The van der Waals surface area contributed by atoms with E-state index in [1.54, 1.807) is 7.11 Å². The smallest absolute Gasteiger partial charge is 0.255 e. The third-order valence-corrected chi connectivity index (χ3v) is 5.59. The van der Waals surface area contributed by atoms with E-state index >= 15 is 0 Å². The van der Waals surface area contributed by atoms with Gasteiger partial charge < -0.3 is 14.6 Å². The molecule has 0 unspecified atom stereocenters. The molecule has 1 aliphatic carbocycles. The summed E-state index contributed by atoms with van der Waals surface area (Å²) in [6.07, 6.45) is 7.08. The van der Waals surface area contributed by atoms with E-state index in [9.17, 15) is 4.79 Å². The molecule has 5 heteroatoms. The Bertz CT molecular complexity index is 764. The summed E-state index contributed by atoms with van der Waals surface area (Å²) in [5, 5.41) is 0. The highest BCUT2D eigenvalue weighted by Crippen LogP contribution is 2.42. The van der Waals surface area contributed by atoms with E-state index < -0.39 is 0 Å². The van der Waals surface area contributed by atoms with E-state index in [1.807, 2.05) is 29.4 Å². The Hall–Kier alpha value is -1.75. The van der Waals surface area contributed by atoms with E-state index in [-0.39, 0.29) is 5.91 Å². The number of fused-ring (bicyclic) bond motifs is 1. The minimum Gasteiger partial charge on any atom is -0.496 e. The topological polar surface area (TPSA) is 45.3 Å². The van der Waals surface area contributed by atoms with Crippen molar-refractivity contribution in [3.05, 3.63) is 51.3 Å². The van der Waals surface area contributed by atoms with Crippen molar-refractivity contribution in [2.24, 2.45) is 0 Å². The average molecular weight is 375 g/mol. The van der Waals surface area contributed by atoms with Gasteiger partial charge in [-0.25, -0.2) is 0 Å². The van der Waals surface area contributed by atoms with E-state index in [0.717, 1.165) is 34.3 Å². The summed E-state index contributed by atoms with van der Waals surface area (Å²) >= 11 is 3.62. The molecule has 0 saturated heterocycles. The van der Waals surface area contributed by atoms with Crippen LogP contribution in [0.5, 0.6) is 5.75 Å². The highest BCUT2D eigenvalue weighted by molar-refractivity contribution is 9.10. The van der Waals surface area contributed by atoms with Crippen molar-refractivity contribution >= 4 is 21.8 Å². The summed E-state index contributed by atoms with van der Waals surface area (Å²) in [7, 11) is 1.68. The number of benzene rings is 1. The lowest BCUT2D eigenvalue weighted by molar-refractivity contribution is 0.0732. The van der Waals surface area contributed by atoms with E-state index in [2.05, 4.69) is 20.9 Å². The zero-order chi connectivity index (χ0) is 16.0. The Morgan fingerprint density at radius 2 is 2.13 bits per heavy atom. The Morgan fingerprint density at radius 1 is 1.30 bits per heavy atom. The second-order valence-electron chi connectivity index (χ2n) is 6.28. The van der Waals surface area contributed by atoms with Crippen LogP contribution in [0.3, 0.4) is 0 Å². The molecular formula is C18H19BrN2O2. The lowest BCUT2D eigenvalue weighted by Gasteiger charge is -2.30. The SMILES string of the molecule is COc1ccc(Br)c2c1CN(C(=O)c1c[nH]cc1C1CC1)CC2. The highest BCUT2D eigenvalue weighted by Gasteiger charge is 2.32. The minimum atomic E-state index is 0.126. The second kappa shape index (κ2) is 5.71. The van der Waals surface area contributed by atoms with Gasteiger partial charge in [-0.3, -0.25) is 4.79 Å². The molecule has 0 spiro atoms. The van der Waals surface area contributed by atoms with Gasteiger partial charge in [0.05, 0.1) is 12.7 Å². The molecule has 1 aliphatic heterocycles. The van der Waals surface area contributed by atoms with Crippen LogP contribution in [0.25, 0.3) is 0 Å². The van der Waals surface area contributed by atoms with Gasteiger partial charge in [-0.2, -0.15) is 0 Å². The molecule has 1 aromatic carbocycles. The number of amides is 1. The van der Waals surface area contributed by atoms with Gasteiger partial charge in [-0.05, 0) is 48.4 Å². The largest absolute Gasteiger partial charge is 0.496 e. The van der Waals surface area contributed by atoms with E-state index in [0.29, 0.717) is 12.5 Å². The van der Waals surface area contributed by atoms with Gasteiger partial charge in [0.1, 0.15) is 5.75 Å². The predicted molar refractivity (Wildman–Crippen MR) is 91.9 cm³/mol. The third-order valence-electron chi connectivity index (χ3n) is 4.84. The van der Waals surface area contributed by atoms with Gasteiger partial charge in [-0.1, -0.05) is 15.9 Å². The van der Waals surface area contributed by atoms with Gasteiger partial charge in [0.2, 0.25) is 0 Å². The first-order chi connectivity index (χ1) is 11.2. The van der Waals surface area contributed by atoms with Crippen LogP contribution < -0.4 is 4.74 Å². The number of halogens is 1. The van der Waals surface area contributed by atoms with Crippen molar-refractivity contribution < 1.29 is 9.53 Å². The first-order valence-corrected chi connectivity index (χ1v) is 8.78. The Morgan fingerprint density at radius 3 is 2.87 bits per heavy atom. The summed E-state index contributed by atoms with van der Waals surface area (Å²) in [5.41, 5.74) is 4.39. The van der Waals surface area contributed by atoms with Crippen LogP contribution in [0.2, 0.25) is 0 Å². The lowest BCUT2D eigenvalue weighted by atomic mass is 9.97. The molecule has 4 rings (SSSR count). The molecule has 1 aromatic heterocycles. The number of methoxy groups -OCH3 is 1. The number of rotatable bonds is 3. The molecule has 1 saturated carbocycles. The van der Waals surface area contributed by atoms with Gasteiger partial charge in [0.15, 0.2) is 0 Å². The van der Waals surface area contributed by atoms with Crippen LogP contribution in [0.15, 0.2) is 29.0 Å².